The topological polar surface area (TPSA) is 156 Å². The number of aryl methyl sites for hydroxylation is 2. The molecule has 4 aromatic rings. The van der Waals surface area contributed by atoms with Crippen LogP contribution in [-0.2, 0) is 22.7 Å². The summed E-state index contributed by atoms with van der Waals surface area (Å²) in [5.74, 6) is -1.60. The highest BCUT2D eigenvalue weighted by Gasteiger charge is 2.33. The highest BCUT2D eigenvalue weighted by Crippen LogP contribution is 2.30. The Labute approximate surface area is 270 Å². The van der Waals surface area contributed by atoms with Gasteiger partial charge >= 0.3 is 12.1 Å². The first-order valence-electron chi connectivity index (χ1n) is 14.5. The number of hydrogen-bond donors (Lipinski definition) is 3. The Morgan fingerprint density at radius 1 is 0.979 bits per heavy atom. The Morgan fingerprint density at radius 2 is 1.66 bits per heavy atom. The van der Waals surface area contributed by atoms with Crippen molar-refractivity contribution in [2.45, 2.75) is 64.7 Å². The fourth-order valence-corrected chi connectivity index (χ4v) is 5.85. The summed E-state index contributed by atoms with van der Waals surface area (Å²) in [6, 6.07) is 12.5. The maximum Gasteiger partial charge on any atom is 0.433 e. The number of halogens is 3. The summed E-state index contributed by atoms with van der Waals surface area (Å²) in [6.07, 6.45) is -3.01. The number of sulfonamides is 1. The van der Waals surface area contributed by atoms with Crippen LogP contribution in [0.3, 0.4) is 0 Å². The molecule has 0 saturated heterocycles. The largest absolute Gasteiger partial charge is 0.478 e. The molecule has 15 heteroatoms. The summed E-state index contributed by atoms with van der Waals surface area (Å²) in [5.41, 5.74) is 1.37. The number of anilines is 1. The van der Waals surface area contributed by atoms with E-state index in [-0.39, 0.29) is 46.7 Å². The molecule has 0 unspecified atom stereocenters. The van der Waals surface area contributed by atoms with Crippen molar-refractivity contribution < 1.29 is 36.2 Å². The summed E-state index contributed by atoms with van der Waals surface area (Å²) in [5, 5.41) is 12.5. The first-order chi connectivity index (χ1) is 21.9. The fourth-order valence-electron chi connectivity index (χ4n) is 4.86. The molecule has 0 radical (unpaired) electrons. The van der Waals surface area contributed by atoms with Crippen LogP contribution >= 0.6 is 0 Å². The van der Waals surface area contributed by atoms with Crippen LogP contribution in [0.5, 0.6) is 5.88 Å². The molecule has 0 bridgehead atoms. The number of carboxylic acids is 1. The number of aromatic nitrogens is 4. The standard InChI is InChI=1S/C32H35F3N6O5S/c1-19-8-6-9-20(2)28(19)24-15-27(40-30(38-24)41-47(44,45)23-11-7-10-21(14-23)29(42)43)46-18-22(16-31(3,4)5)37-17-26-36-13-12-25(39-26)32(33,34)35/h6-15,22,37H,16-18H2,1-5H3,(H,42,43)(H,38,40,41)/t22-/m1/s1. The lowest BCUT2D eigenvalue weighted by atomic mass is 9.88. The number of nitrogens with zero attached hydrogens (tertiary/aromatic N) is 4. The third-order valence-corrected chi connectivity index (χ3v) is 8.22. The molecule has 0 aliphatic carbocycles. The third-order valence-electron chi connectivity index (χ3n) is 6.89. The molecule has 47 heavy (non-hydrogen) atoms. The average molecular weight is 673 g/mol. The summed E-state index contributed by atoms with van der Waals surface area (Å²) < 4.78 is 74.5. The number of aromatic carboxylic acids is 1. The minimum atomic E-state index is -4.61. The maximum absolute atomic E-state index is 13.3. The molecule has 250 valence electrons. The Balaban J connectivity index is 1.65. The highest BCUT2D eigenvalue weighted by molar-refractivity contribution is 7.92. The van der Waals surface area contributed by atoms with Crippen LogP contribution in [-0.4, -0.2) is 52.1 Å². The molecule has 2 heterocycles. The molecule has 0 fully saturated rings. The molecule has 1 atom stereocenters. The lowest BCUT2D eigenvalue weighted by Gasteiger charge is -2.27. The Morgan fingerprint density at radius 3 is 2.30 bits per heavy atom. The van der Waals surface area contributed by atoms with Crippen molar-refractivity contribution in [3.63, 3.8) is 0 Å². The molecule has 0 aliphatic heterocycles. The molecule has 0 aliphatic rings. The van der Waals surface area contributed by atoms with Crippen LogP contribution < -0.4 is 14.8 Å². The van der Waals surface area contributed by atoms with Crippen molar-refractivity contribution in [3.05, 3.63) is 89.0 Å². The van der Waals surface area contributed by atoms with E-state index in [4.69, 9.17) is 4.74 Å². The monoisotopic (exact) mass is 672 g/mol. The number of alkyl halides is 3. The van der Waals surface area contributed by atoms with E-state index in [0.29, 0.717) is 12.1 Å². The van der Waals surface area contributed by atoms with E-state index in [0.717, 1.165) is 35.0 Å². The van der Waals surface area contributed by atoms with Crippen molar-refractivity contribution in [2.24, 2.45) is 5.41 Å². The molecular weight excluding hydrogens is 637 g/mol. The lowest BCUT2D eigenvalue weighted by molar-refractivity contribution is -0.141. The molecule has 2 aromatic heterocycles. The second-order valence-corrected chi connectivity index (χ2v) is 13.8. The van der Waals surface area contributed by atoms with Crippen LogP contribution in [0.1, 0.15) is 60.2 Å². The summed E-state index contributed by atoms with van der Waals surface area (Å²) >= 11 is 0. The first-order valence-corrected chi connectivity index (χ1v) is 16.0. The zero-order valence-corrected chi connectivity index (χ0v) is 27.2. The number of ether oxygens (including phenoxy) is 1. The third kappa shape index (κ3) is 9.68. The number of hydrogen-bond acceptors (Lipinski definition) is 9. The molecule has 0 saturated carbocycles. The number of carboxylic acid groups (broad SMARTS) is 1. The Bertz CT molecular complexity index is 1840. The van der Waals surface area contributed by atoms with Crippen molar-refractivity contribution in [3.8, 4) is 17.1 Å². The lowest BCUT2D eigenvalue weighted by Crippen LogP contribution is -2.38. The van der Waals surface area contributed by atoms with Crippen LogP contribution in [0.25, 0.3) is 11.3 Å². The second-order valence-electron chi connectivity index (χ2n) is 12.1. The number of rotatable bonds is 12. The number of nitrogens with one attached hydrogen (secondary N) is 2. The van der Waals surface area contributed by atoms with Crippen LogP contribution in [0, 0.1) is 19.3 Å². The summed E-state index contributed by atoms with van der Waals surface area (Å²) in [6.45, 7) is 9.70. The van der Waals surface area contributed by atoms with Gasteiger partial charge in [0.1, 0.15) is 18.1 Å². The van der Waals surface area contributed by atoms with Gasteiger partial charge in [0.05, 0.1) is 22.7 Å². The smallest absolute Gasteiger partial charge is 0.433 e. The van der Waals surface area contributed by atoms with Gasteiger partial charge in [0, 0.05) is 23.9 Å². The van der Waals surface area contributed by atoms with Gasteiger partial charge in [-0.2, -0.15) is 18.2 Å². The normalized spacial score (nSPS) is 12.9. The van der Waals surface area contributed by atoms with Crippen LogP contribution in [0.15, 0.2) is 65.7 Å². The van der Waals surface area contributed by atoms with Gasteiger partial charge in [-0.25, -0.2) is 32.9 Å². The van der Waals surface area contributed by atoms with Crippen molar-refractivity contribution in [1.29, 1.82) is 0 Å². The molecule has 4 rings (SSSR count). The van der Waals surface area contributed by atoms with Gasteiger partial charge in [-0.15, -0.1) is 0 Å². The van der Waals surface area contributed by atoms with Gasteiger partial charge in [0.2, 0.25) is 11.8 Å². The van der Waals surface area contributed by atoms with E-state index in [1.54, 1.807) is 6.07 Å². The summed E-state index contributed by atoms with van der Waals surface area (Å²) in [7, 11) is -4.31. The molecule has 0 spiro atoms. The van der Waals surface area contributed by atoms with Gasteiger partial charge in [-0.05, 0) is 61.1 Å². The van der Waals surface area contributed by atoms with E-state index < -0.39 is 33.9 Å². The predicted molar refractivity (Wildman–Crippen MR) is 168 cm³/mol. The van der Waals surface area contributed by atoms with Gasteiger partial charge in [-0.3, -0.25) is 0 Å². The van der Waals surface area contributed by atoms with Gasteiger partial charge in [0.15, 0.2) is 0 Å². The minimum absolute atomic E-state index is 0.00624. The quantitative estimate of drug-likeness (QED) is 0.162. The second kappa shape index (κ2) is 14.0. The maximum atomic E-state index is 13.3. The zero-order valence-electron chi connectivity index (χ0n) is 26.4. The van der Waals surface area contributed by atoms with Gasteiger partial charge in [0.25, 0.3) is 10.0 Å². The van der Waals surface area contributed by atoms with Crippen molar-refractivity contribution in [1.82, 2.24) is 25.3 Å². The predicted octanol–water partition coefficient (Wildman–Crippen LogP) is 6.04. The average Bonchev–Trinajstić information content (AvgIpc) is 2.97. The van der Waals surface area contributed by atoms with Gasteiger partial charge < -0.3 is 15.2 Å². The molecule has 2 aromatic carbocycles. The number of carbonyl (C=O) groups is 1. The zero-order chi connectivity index (χ0) is 34.6. The fraction of sp³-hybridized carbons (Fsp3) is 0.344. The number of benzene rings is 2. The van der Waals surface area contributed by atoms with E-state index in [2.05, 4.69) is 30.0 Å². The minimum Gasteiger partial charge on any atom is -0.478 e. The SMILES string of the molecule is Cc1cccc(C)c1-c1cc(OC[C@@H](CC(C)(C)C)NCc2nccc(C(F)(F)F)n2)nc(NS(=O)(=O)c2cccc(C(=O)O)c2)n1. The van der Waals surface area contributed by atoms with E-state index >= 15 is 0 Å². The van der Waals surface area contributed by atoms with Crippen LogP contribution in [0.4, 0.5) is 19.1 Å². The molecule has 11 nitrogen and oxygen atoms in total. The highest BCUT2D eigenvalue weighted by atomic mass is 32.2. The first kappa shape index (κ1) is 35.2. The molecular formula is C32H35F3N6O5S. The van der Waals surface area contributed by atoms with Crippen molar-refractivity contribution in [2.75, 3.05) is 11.3 Å². The van der Waals surface area contributed by atoms with E-state index in [9.17, 15) is 31.5 Å². The van der Waals surface area contributed by atoms with E-state index in [1.807, 2.05) is 52.8 Å². The molecule has 0 amide bonds. The van der Waals surface area contributed by atoms with Crippen LogP contribution in [0.2, 0.25) is 0 Å². The van der Waals surface area contributed by atoms with Crippen molar-refractivity contribution >= 4 is 21.9 Å². The molecule has 3 N–H and O–H groups in total. The van der Waals surface area contributed by atoms with Gasteiger partial charge in [-0.1, -0.05) is 45.0 Å². The Hall–Kier alpha value is -4.63. The summed E-state index contributed by atoms with van der Waals surface area (Å²) in [4.78, 5) is 27.5. The Kier molecular flexibility index (Phi) is 10.5. The van der Waals surface area contributed by atoms with E-state index in [1.165, 1.54) is 18.2 Å².